The molecule has 0 unspecified atom stereocenters. The molecule has 0 atom stereocenters. The minimum Gasteiger partial charge on any atom is -0.305 e. The Morgan fingerprint density at radius 2 is 1.96 bits per heavy atom. The second-order valence-corrected chi connectivity index (χ2v) is 5.98. The molecule has 0 saturated carbocycles. The molecule has 0 saturated heterocycles. The number of carbonyl (C=O) groups is 1. The maximum absolute atomic E-state index is 12.6. The van der Waals surface area contributed by atoms with E-state index in [0.29, 0.717) is 11.6 Å². The predicted octanol–water partition coefficient (Wildman–Crippen LogP) is 2.32. The summed E-state index contributed by atoms with van der Waals surface area (Å²) >= 11 is 0. The SMILES string of the molecule is Cc1nc(NC(=O)c2cc(-n3cnnn3)n[nH]2)cc(-c2ccccc2)c1C. The molecule has 3 aromatic heterocycles. The number of hydrogen-bond donors (Lipinski definition) is 2. The first-order chi connectivity index (χ1) is 13.1. The minimum atomic E-state index is -0.350. The van der Waals surface area contributed by atoms with Gasteiger partial charge < -0.3 is 5.32 Å². The normalized spacial score (nSPS) is 10.7. The van der Waals surface area contributed by atoms with Gasteiger partial charge in [-0.2, -0.15) is 9.78 Å². The molecule has 0 fully saturated rings. The maximum atomic E-state index is 12.6. The summed E-state index contributed by atoms with van der Waals surface area (Å²) in [6, 6.07) is 13.4. The summed E-state index contributed by atoms with van der Waals surface area (Å²) in [7, 11) is 0. The molecule has 0 spiro atoms. The molecule has 0 bridgehead atoms. The van der Waals surface area contributed by atoms with Crippen molar-refractivity contribution in [1.82, 2.24) is 35.4 Å². The van der Waals surface area contributed by atoms with E-state index in [4.69, 9.17) is 0 Å². The van der Waals surface area contributed by atoms with Crippen molar-refractivity contribution in [2.45, 2.75) is 13.8 Å². The van der Waals surface area contributed by atoms with Gasteiger partial charge in [0.2, 0.25) is 0 Å². The number of benzene rings is 1. The summed E-state index contributed by atoms with van der Waals surface area (Å²) in [5.74, 6) is 0.542. The number of aromatic amines is 1. The van der Waals surface area contributed by atoms with Crippen LogP contribution in [0.3, 0.4) is 0 Å². The molecule has 9 heteroatoms. The zero-order valence-corrected chi connectivity index (χ0v) is 14.7. The molecule has 0 aliphatic carbocycles. The Kier molecular flexibility index (Phi) is 4.17. The van der Waals surface area contributed by atoms with Gasteiger partial charge in [-0.15, -0.1) is 5.10 Å². The number of amides is 1. The number of H-pyrrole nitrogens is 1. The van der Waals surface area contributed by atoms with Crippen molar-refractivity contribution < 1.29 is 4.79 Å². The first-order valence-electron chi connectivity index (χ1n) is 8.25. The number of rotatable bonds is 4. The van der Waals surface area contributed by atoms with Crippen LogP contribution in [-0.4, -0.2) is 41.3 Å². The van der Waals surface area contributed by atoms with Crippen LogP contribution in [0.4, 0.5) is 5.82 Å². The second-order valence-electron chi connectivity index (χ2n) is 5.98. The highest BCUT2D eigenvalue weighted by atomic mass is 16.2. The van der Waals surface area contributed by atoms with Crippen molar-refractivity contribution in [3.63, 3.8) is 0 Å². The van der Waals surface area contributed by atoms with E-state index in [9.17, 15) is 4.79 Å². The number of carbonyl (C=O) groups excluding carboxylic acids is 1. The molecule has 4 aromatic rings. The van der Waals surface area contributed by atoms with E-state index in [2.05, 4.69) is 36.0 Å². The summed E-state index contributed by atoms with van der Waals surface area (Å²) in [6.45, 7) is 3.94. The molecule has 4 rings (SSSR count). The quantitative estimate of drug-likeness (QED) is 0.577. The molecule has 2 N–H and O–H groups in total. The van der Waals surface area contributed by atoms with Crippen LogP contribution in [0, 0.1) is 13.8 Å². The Hall–Kier alpha value is -3.88. The Bertz CT molecular complexity index is 1090. The molecule has 3 heterocycles. The number of anilines is 1. The Labute approximate surface area is 154 Å². The van der Waals surface area contributed by atoms with Gasteiger partial charge in [-0.1, -0.05) is 30.3 Å². The third kappa shape index (κ3) is 3.30. The highest BCUT2D eigenvalue weighted by Crippen LogP contribution is 2.27. The van der Waals surface area contributed by atoms with Gasteiger partial charge in [0.25, 0.3) is 5.91 Å². The molecule has 1 aromatic carbocycles. The van der Waals surface area contributed by atoms with E-state index in [-0.39, 0.29) is 11.6 Å². The van der Waals surface area contributed by atoms with Crippen LogP contribution >= 0.6 is 0 Å². The largest absolute Gasteiger partial charge is 0.305 e. The molecule has 1 amide bonds. The van der Waals surface area contributed by atoms with Gasteiger partial charge in [0.1, 0.15) is 17.8 Å². The van der Waals surface area contributed by atoms with Crippen LogP contribution in [0.1, 0.15) is 21.7 Å². The summed E-state index contributed by atoms with van der Waals surface area (Å²) in [4.78, 5) is 17.0. The lowest BCUT2D eigenvalue weighted by molar-refractivity contribution is 0.102. The van der Waals surface area contributed by atoms with Crippen molar-refractivity contribution in [2.75, 3.05) is 5.32 Å². The first kappa shape index (κ1) is 16.6. The summed E-state index contributed by atoms with van der Waals surface area (Å²) in [6.07, 6.45) is 1.40. The van der Waals surface area contributed by atoms with Gasteiger partial charge in [0.05, 0.1) is 0 Å². The van der Waals surface area contributed by atoms with E-state index in [1.165, 1.54) is 11.0 Å². The van der Waals surface area contributed by atoms with E-state index in [0.717, 1.165) is 22.4 Å². The van der Waals surface area contributed by atoms with Crippen LogP contribution in [0.25, 0.3) is 16.9 Å². The highest BCUT2D eigenvalue weighted by Gasteiger charge is 2.14. The van der Waals surface area contributed by atoms with Crippen LogP contribution in [0.5, 0.6) is 0 Å². The van der Waals surface area contributed by atoms with Gasteiger partial charge >= 0.3 is 0 Å². The number of aryl methyl sites for hydroxylation is 1. The van der Waals surface area contributed by atoms with E-state index >= 15 is 0 Å². The third-order valence-corrected chi connectivity index (χ3v) is 4.24. The average Bonchev–Trinajstić information content (AvgIpc) is 3.36. The minimum absolute atomic E-state index is 0.279. The lowest BCUT2D eigenvalue weighted by Gasteiger charge is -2.12. The Morgan fingerprint density at radius 1 is 1.15 bits per heavy atom. The first-order valence-corrected chi connectivity index (χ1v) is 8.25. The van der Waals surface area contributed by atoms with Gasteiger partial charge in [-0.25, -0.2) is 4.98 Å². The van der Waals surface area contributed by atoms with Crippen LogP contribution in [-0.2, 0) is 0 Å². The predicted molar refractivity (Wildman–Crippen MR) is 98.4 cm³/mol. The lowest BCUT2D eigenvalue weighted by Crippen LogP contribution is -2.14. The molecule has 27 heavy (non-hydrogen) atoms. The lowest BCUT2D eigenvalue weighted by atomic mass is 10.0. The van der Waals surface area contributed by atoms with E-state index in [1.54, 1.807) is 6.07 Å². The number of tetrazole rings is 1. The molecule has 9 nitrogen and oxygen atoms in total. The number of nitrogens with one attached hydrogen (secondary N) is 2. The number of hydrogen-bond acceptors (Lipinski definition) is 6. The van der Waals surface area contributed by atoms with Crippen molar-refractivity contribution in [3.05, 3.63) is 65.7 Å². The molecule has 134 valence electrons. The molecule has 0 radical (unpaired) electrons. The van der Waals surface area contributed by atoms with Crippen LogP contribution < -0.4 is 5.32 Å². The highest BCUT2D eigenvalue weighted by molar-refractivity contribution is 6.02. The van der Waals surface area contributed by atoms with Crippen molar-refractivity contribution >= 4 is 11.7 Å². The van der Waals surface area contributed by atoms with Crippen molar-refractivity contribution in [2.24, 2.45) is 0 Å². The zero-order valence-electron chi connectivity index (χ0n) is 14.7. The van der Waals surface area contributed by atoms with Gasteiger partial charge in [-0.3, -0.25) is 9.89 Å². The second kappa shape index (κ2) is 6.79. The zero-order chi connectivity index (χ0) is 18.8. The maximum Gasteiger partial charge on any atom is 0.274 e. The third-order valence-electron chi connectivity index (χ3n) is 4.24. The van der Waals surface area contributed by atoms with Gasteiger partial charge in [0.15, 0.2) is 5.82 Å². The molecular weight excluding hydrogens is 344 g/mol. The summed E-state index contributed by atoms with van der Waals surface area (Å²) < 4.78 is 1.36. The summed E-state index contributed by atoms with van der Waals surface area (Å²) in [5.41, 5.74) is 4.30. The fraction of sp³-hybridized carbons (Fsp3) is 0.111. The van der Waals surface area contributed by atoms with Crippen molar-refractivity contribution in [1.29, 1.82) is 0 Å². The monoisotopic (exact) mass is 360 g/mol. The van der Waals surface area contributed by atoms with Gasteiger partial charge in [-0.05, 0) is 47.0 Å². The van der Waals surface area contributed by atoms with E-state index in [1.807, 2.05) is 50.2 Å². The number of nitrogens with zero attached hydrogens (tertiary/aromatic N) is 6. The Balaban J connectivity index is 1.61. The standard InChI is InChI=1S/C18H16N8O/c1-11-12(2)20-16(8-14(11)13-6-4-3-5-7-13)21-18(27)15-9-17(23-22-15)26-10-19-24-25-26/h3-10H,1-2H3,(H,22,23)(H,20,21,27). The average molecular weight is 360 g/mol. The number of aromatic nitrogens is 7. The van der Waals surface area contributed by atoms with E-state index < -0.39 is 0 Å². The fourth-order valence-electron chi connectivity index (χ4n) is 2.71. The molecular formula is C18H16N8O. The number of pyridine rings is 1. The molecule has 0 aliphatic rings. The fourth-order valence-corrected chi connectivity index (χ4v) is 2.71. The topological polar surface area (TPSA) is 114 Å². The van der Waals surface area contributed by atoms with Crippen molar-refractivity contribution in [3.8, 4) is 16.9 Å². The van der Waals surface area contributed by atoms with Gasteiger partial charge in [0, 0.05) is 11.8 Å². The summed E-state index contributed by atoms with van der Waals surface area (Å²) in [5, 5.41) is 20.4. The Morgan fingerprint density at radius 3 is 2.70 bits per heavy atom. The molecule has 0 aliphatic heterocycles. The smallest absolute Gasteiger partial charge is 0.274 e. The van der Waals surface area contributed by atoms with Crippen LogP contribution in [0.2, 0.25) is 0 Å². The van der Waals surface area contributed by atoms with Crippen LogP contribution in [0.15, 0.2) is 48.8 Å².